The van der Waals surface area contributed by atoms with Crippen molar-refractivity contribution in [1.82, 2.24) is 19.1 Å². The first-order valence-corrected chi connectivity index (χ1v) is 8.70. The van der Waals surface area contributed by atoms with Crippen LogP contribution < -0.4 is 10.9 Å². The number of hydrogen-bond acceptors (Lipinski definition) is 5. The molecule has 8 heteroatoms. The maximum atomic E-state index is 12.7. The number of rotatable bonds is 3. The standard InChI is InChI=1S/C18H15N5O2S/c1-11-14-17(20-10-22(2)18(14)25)26-15(11)16(24)21-12-3-5-13(6-4-12)23-8-7-19-9-23/h3-10H,1-2H3,(H,21,24). The Kier molecular flexibility index (Phi) is 3.89. The highest BCUT2D eigenvalue weighted by Crippen LogP contribution is 2.27. The van der Waals surface area contributed by atoms with Crippen molar-refractivity contribution in [3.8, 4) is 5.69 Å². The first-order valence-electron chi connectivity index (χ1n) is 7.89. The minimum atomic E-state index is -0.247. The second-order valence-electron chi connectivity index (χ2n) is 5.87. The van der Waals surface area contributed by atoms with E-state index >= 15 is 0 Å². The van der Waals surface area contributed by atoms with Gasteiger partial charge in [-0.25, -0.2) is 9.97 Å². The van der Waals surface area contributed by atoms with Gasteiger partial charge in [-0.05, 0) is 36.8 Å². The van der Waals surface area contributed by atoms with Crippen molar-refractivity contribution in [2.75, 3.05) is 5.32 Å². The second kappa shape index (κ2) is 6.23. The van der Waals surface area contributed by atoms with Crippen LogP contribution in [0.3, 0.4) is 0 Å². The van der Waals surface area contributed by atoms with Crippen LogP contribution in [0.2, 0.25) is 0 Å². The number of anilines is 1. The molecule has 0 spiro atoms. The number of thiophene rings is 1. The molecule has 4 aromatic rings. The molecule has 3 heterocycles. The van der Waals surface area contributed by atoms with Gasteiger partial charge in [0.25, 0.3) is 11.5 Å². The van der Waals surface area contributed by atoms with Crippen molar-refractivity contribution in [2.45, 2.75) is 6.92 Å². The molecular weight excluding hydrogens is 350 g/mol. The average Bonchev–Trinajstić information content (AvgIpc) is 3.27. The first kappa shape index (κ1) is 16.2. The number of aromatic nitrogens is 4. The Hall–Kier alpha value is -3.26. The summed E-state index contributed by atoms with van der Waals surface area (Å²) in [4.78, 5) is 34.3. The Morgan fingerprint density at radius 3 is 2.65 bits per heavy atom. The predicted molar refractivity (Wildman–Crippen MR) is 101 cm³/mol. The van der Waals surface area contributed by atoms with Gasteiger partial charge in [0.05, 0.1) is 22.9 Å². The molecule has 1 amide bonds. The fraction of sp³-hybridized carbons (Fsp3) is 0.111. The Balaban J connectivity index is 1.62. The van der Waals surface area contributed by atoms with Gasteiger partial charge in [0.1, 0.15) is 4.83 Å². The first-order chi connectivity index (χ1) is 12.5. The number of hydrogen-bond donors (Lipinski definition) is 1. The van der Waals surface area contributed by atoms with Crippen molar-refractivity contribution in [3.63, 3.8) is 0 Å². The van der Waals surface area contributed by atoms with Crippen molar-refractivity contribution in [2.24, 2.45) is 7.05 Å². The maximum Gasteiger partial charge on any atom is 0.266 e. The number of nitrogens with one attached hydrogen (secondary N) is 1. The zero-order valence-corrected chi connectivity index (χ0v) is 14.9. The number of aryl methyl sites for hydroxylation is 2. The molecule has 3 aromatic heterocycles. The molecule has 0 aliphatic heterocycles. The Morgan fingerprint density at radius 2 is 1.96 bits per heavy atom. The Morgan fingerprint density at radius 1 is 1.19 bits per heavy atom. The highest BCUT2D eigenvalue weighted by Gasteiger charge is 2.19. The average molecular weight is 365 g/mol. The maximum absolute atomic E-state index is 12.7. The van der Waals surface area contributed by atoms with E-state index < -0.39 is 0 Å². The van der Waals surface area contributed by atoms with Crippen LogP contribution in [-0.4, -0.2) is 25.0 Å². The van der Waals surface area contributed by atoms with Crippen molar-refractivity contribution in [1.29, 1.82) is 0 Å². The lowest BCUT2D eigenvalue weighted by Crippen LogP contribution is -2.17. The molecule has 1 aromatic carbocycles. The van der Waals surface area contributed by atoms with Gasteiger partial charge in [-0.2, -0.15) is 0 Å². The van der Waals surface area contributed by atoms with Gasteiger partial charge in [-0.15, -0.1) is 11.3 Å². The van der Waals surface area contributed by atoms with Crippen LogP contribution in [0.1, 0.15) is 15.2 Å². The summed E-state index contributed by atoms with van der Waals surface area (Å²) in [7, 11) is 1.65. The molecule has 0 unspecified atom stereocenters. The van der Waals surface area contributed by atoms with E-state index in [-0.39, 0.29) is 11.5 Å². The van der Waals surface area contributed by atoms with E-state index in [4.69, 9.17) is 0 Å². The lowest BCUT2D eigenvalue weighted by Gasteiger charge is -2.06. The Bertz CT molecular complexity index is 1160. The van der Waals surface area contributed by atoms with Crippen LogP contribution in [0.25, 0.3) is 15.9 Å². The third-order valence-corrected chi connectivity index (χ3v) is 5.34. The van der Waals surface area contributed by atoms with Crippen molar-refractivity contribution >= 4 is 33.1 Å². The van der Waals surface area contributed by atoms with E-state index in [1.807, 2.05) is 35.0 Å². The normalized spacial score (nSPS) is 11.0. The minimum absolute atomic E-state index is 0.146. The van der Waals surface area contributed by atoms with E-state index in [1.165, 1.54) is 22.2 Å². The number of carbonyl (C=O) groups is 1. The topological polar surface area (TPSA) is 81.8 Å². The zero-order valence-electron chi connectivity index (χ0n) is 14.1. The summed E-state index contributed by atoms with van der Waals surface area (Å²) in [6.45, 7) is 1.78. The number of imidazole rings is 1. The molecule has 4 rings (SSSR count). The summed E-state index contributed by atoms with van der Waals surface area (Å²) in [5.41, 5.74) is 2.14. The molecule has 7 nitrogen and oxygen atoms in total. The van der Waals surface area contributed by atoms with Crippen LogP contribution in [0, 0.1) is 6.92 Å². The number of amides is 1. The lowest BCUT2D eigenvalue weighted by molar-refractivity contribution is 0.103. The summed E-state index contributed by atoms with van der Waals surface area (Å²) in [5.74, 6) is -0.247. The summed E-state index contributed by atoms with van der Waals surface area (Å²) in [5, 5.41) is 3.38. The van der Waals surface area contributed by atoms with E-state index in [9.17, 15) is 9.59 Å². The van der Waals surface area contributed by atoms with E-state index in [0.717, 1.165) is 5.69 Å². The van der Waals surface area contributed by atoms with Crippen molar-refractivity contribution in [3.05, 3.63) is 70.1 Å². The molecule has 0 aliphatic rings. The summed E-state index contributed by atoms with van der Waals surface area (Å²) in [6.07, 6.45) is 6.73. The second-order valence-corrected chi connectivity index (χ2v) is 6.87. The van der Waals surface area contributed by atoms with Gasteiger partial charge < -0.3 is 14.5 Å². The summed E-state index contributed by atoms with van der Waals surface area (Å²) >= 11 is 1.23. The molecular formula is C18H15N5O2S. The van der Waals surface area contributed by atoms with E-state index in [2.05, 4.69) is 15.3 Å². The molecule has 0 bridgehead atoms. The third kappa shape index (κ3) is 2.70. The lowest BCUT2D eigenvalue weighted by atomic mass is 10.2. The quantitative estimate of drug-likeness (QED) is 0.605. The van der Waals surface area contributed by atoms with Gasteiger partial charge in [0, 0.05) is 30.8 Å². The molecule has 0 atom stereocenters. The molecule has 1 N–H and O–H groups in total. The van der Waals surface area contributed by atoms with Crippen LogP contribution in [-0.2, 0) is 7.05 Å². The van der Waals surface area contributed by atoms with Gasteiger partial charge >= 0.3 is 0 Å². The molecule has 26 heavy (non-hydrogen) atoms. The van der Waals surface area contributed by atoms with Crippen LogP contribution >= 0.6 is 11.3 Å². The van der Waals surface area contributed by atoms with Gasteiger partial charge in [0.15, 0.2) is 0 Å². The van der Waals surface area contributed by atoms with Crippen LogP contribution in [0.15, 0.2) is 54.1 Å². The smallest absolute Gasteiger partial charge is 0.266 e. The zero-order chi connectivity index (χ0) is 18.3. The minimum Gasteiger partial charge on any atom is -0.321 e. The van der Waals surface area contributed by atoms with Crippen molar-refractivity contribution < 1.29 is 4.79 Å². The van der Waals surface area contributed by atoms with Crippen LogP contribution in [0.4, 0.5) is 5.69 Å². The monoisotopic (exact) mass is 365 g/mol. The molecule has 0 saturated carbocycles. The number of carbonyl (C=O) groups excluding carboxylic acids is 1. The molecule has 130 valence electrons. The van der Waals surface area contributed by atoms with Gasteiger partial charge in [-0.3, -0.25) is 9.59 Å². The molecule has 0 radical (unpaired) electrons. The highest BCUT2D eigenvalue weighted by molar-refractivity contribution is 7.20. The number of nitrogens with zero attached hydrogens (tertiary/aromatic N) is 4. The molecule has 0 aliphatic carbocycles. The largest absolute Gasteiger partial charge is 0.321 e. The highest BCUT2D eigenvalue weighted by atomic mass is 32.1. The van der Waals surface area contributed by atoms with Crippen LogP contribution in [0.5, 0.6) is 0 Å². The summed E-state index contributed by atoms with van der Waals surface area (Å²) in [6, 6.07) is 7.44. The Labute approximate surface area is 152 Å². The summed E-state index contributed by atoms with van der Waals surface area (Å²) < 4.78 is 3.29. The molecule has 0 saturated heterocycles. The number of benzene rings is 1. The third-order valence-electron chi connectivity index (χ3n) is 4.14. The number of fused-ring (bicyclic) bond motifs is 1. The van der Waals surface area contributed by atoms with E-state index in [0.29, 0.717) is 26.3 Å². The molecule has 0 fully saturated rings. The predicted octanol–water partition coefficient (Wildman–Crippen LogP) is 2.74. The van der Waals surface area contributed by atoms with Gasteiger partial charge in [0.2, 0.25) is 0 Å². The fourth-order valence-electron chi connectivity index (χ4n) is 2.74. The van der Waals surface area contributed by atoms with E-state index in [1.54, 1.807) is 26.5 Å². The fourth-order valence-corrected chi connectivity index (χ4v) is 3.78. The van der Waals surface area contributed by atoms with Gasteiger partial charge in [-0.1, -0.05) is 0 Å². The SMILES string of the molecule is Cc1c(C(=O)Nc2ccc(-n3ccnc3)cc2)sc2ncn(C)c(=O)c12.